The molecule has 1 fully saturated rings. The van der Waals surface area contributed by atoms with Crippen LogP contribution in [0, 0.1) is 0 Å². The number of rotatable bonds is 4. The van der Waals surface area contributed by atoms with Gasteiger partial charge in [0.25, 0.3) is 0 Å². The minimum absolute atomic E-state index is 0.169. The topological polar surface area (TPSA) is 29.1 Å². The van der Waals surface area contributed by atoms with E-state index in [4.69, 9.17) is 0 Å². The largest absolute Gasteiger partial charge is 0.355 e. The summed E-state index contributed by atoms with van der Waals surface area (Å²) in [5, 5.41) is 5.21. The number of hydrogen-bond donors (Lipinski definition) is 1. The van der Waals surface area contributed by atoms with E-state index in [-0.39, 0.29) is 11.3 Å². The Kier molecular flexibility index (Phi) is 3.64. The van der Waals surface area contributed by atoms with Gasteiger partial charge in [-0.05, 0) is 24.3 Å². The SMILES string of the molecule is CCC(=O)NCC1(c2cccs2)CCCC1. The number of thiophene rings is 1. The van der Waals surface area contributed by atoms with Crippen LogP contribution in [0.1, 0.15) is 43.9 Å². The van der Waals surface area contributed by atoms with Crippen molar-refractivity contribution in [1.82, 2.24) is 5.32 Å². The monoisotopic (exact) mass is 237 g/mol. The van der Waals surface area contributed by atoms with Gasteiger partial charge < -0.3 is 5.32 Å². The zero-order valence-corrected chi connectivity index (χ0v) is 10.6. The van der Waals surface area contributed by atoms with Crippen LogP contribution in [-0.4, -0.2) is 12.5 Å². The first-order valence-corrected chi connectivity index (χ1v) is 6.95. The molecule has 2 rings (SSSR count). The summed E-state index contributed by atoms with van der Waals surface area (Å²) in [6.07, 6.45) is 5.61. The molecule has 16 heavy (non-hydrogen) atoms. The van der Waals surface area contributed by atoms with Crippen molar-refractivity contribution in [2.24, 2.45) is 0 Å². The zero-order valence-electron chi connectivity index (χ0n) is 9.79. The molecule has 88 valence electrons. The molecule has 0 radical (unpaired) electrons. The molecule has 2 nitrogen and oxygen atoms in total. The fourth-order valence-corrected chi connectivity index (χ4v) is 3.52. The molecule has 0 saturated heterocycles. The van der Waals surface area contributed by atoms with Gasteiger partial charge in [-0.3, -0.25) is 4.79 Å². The van der Waals surface area contributed by atoms with E-state index in [9.17, 15) is 4.79 Å². The first-order valence-electron chi connectivity index (χ1n) is 6.07. The van der Waals surface area contributed by atoms with E-state index in [2.05, 4.69) is 22.8 Å². The Balaban J connectivity index is 2.08. The van der Waals surface area contributed by atoms with Crippen LogP contribution in [0.2, 0.25) is 0 Å². The molecule has 0 aliphatic heterocycles. The molecule has 1 saturated carbocycles. The van der Waals surface area contributed by atoms with Crippen molar-refractivity contribution in [3.8, 4) is 0 Å². The predicted octanol–water partition coefficient (Wildman–Crippen LogP) is 3.09. The second-order valence-corrected chi connectivity index (χ2v) is 5.54. The van der Waals surface area contributed by atoms with Crippen molar-refractivity contribution in [3.05, 3.63) is 22.4 Å². The highest BCUT2D eigenvalue weighted by Crippen LogP contribution is 2.42. The molecule has 0 bridgehead atoms. The summed E-state index contributed by atoms with van der Waals surface area (Å²) in [5.41, 5.74) is 0.235. The average Bonchev–Trinajstić information content (AvgIpc) is 2.96. The van der Waals surface area contributed by atoms with Gasteiger partial charge in [-0.25, -0.2) is 0 Å². The summed E-state index contributed by atoms with van der Waals surface area (Å²) in [6.45, 7) is 2.72. The van der Waals surface area contributed by atoms with Gasteiger partial charge in [0.2, 0.25) is 5.91 Å². The van der Waals surface area contributed by atoms with Crippen LogP contribution in [0.25, 0.3) is 0 Å². The first-order chi connectivity index (χ1) is 7.77. The fourth-order valence-electron chi connectivity index (χ4n) is 2.54. The quantitative estimate of drug-likeness (QED) is 0.856. The Bertz CT molecular complexity index is 339. The van der Waals surface area contributed by atoms with Crippen molar-refractivity contribution in [3.63, 3.8) is 0 Å². The number of carbonyl (C=O) groups excluding carboxylic acids is 1. The molecular weight excluding hydrogens is 218 g/mol. The van der Waals surface area contributed by atoms with Gasteiger partial charge in [-0.1, -0.05) is 25.8 Å². The fraction of sp³-hybridized carbons (Fsp3) is 0.615. The number of hydrogen-bond acceptors (Lipinski definition) is 2. The molecule has 0 unspecified atom stereocenters. The summed E-state index contributed by atoms with van der Waals surface area (Å²) in [4.78, 5) is 12.8. The Morgan fingerprint density at radius 3 is 2.81 bits per heavy atom. The molecule has 0 spiro atoms. The molecule has 1 aromatic heterocycles. The lowest BCUT2D eigenvalue weighted by Crippen LogP contribution is -2.38. The lowest BCUT2D eigenvalue weighted by molar-refractivity contribution is -0.121. The summed E-state index contributed by atoms with van der Waals surface area (Å²) in [5.74, 6) is 0.169. The Labute approximate surface area is 101 Å². The number of carbonyl (C=O) groups is 1. The maximum Gasteiger partial charge on any atom is 0.219 e. The number of nitrogens with one attached hydrogen (secondary N) is 1. The van der Waals surface area contributed by atoms with Crippen LogP contribution >= 0.6 is 11.3 Å². The zero-order chi connectivity index (χ0) is 11.4. The molecular formula is C13H19NOS. The van der Waals surface area contributed by atoms with Gasteiger partial charge in [0.1, 0.15) is 0 Å². The second kappa shape index (κ2) is 5.00. The molecule has 3 heteroatoms. The summed E-state index contributed by atoms with van der Waals surface area (Å²) >= 11 is 1.83. The van der Waals surface area contributed by atoms with Crippen molar-refractivity contribution in [1.29, 1.82) is 0 Å². The third-order valence-corrected chi connectivity index (χ3v) is 4.67. The summed E-state index contributed by atoms with van der Waals surface area (Å²) in [6, 6.07) is 4.33. The first kappa shape index (κ1) is 11.6. The van der Waals surface area contributed by atoms with Gasteiger partial charge in [0.05, 0.1) is 0 Å². The highest BCUT2D eigenvalue weighted by molar-refractivity contribution is 7.10. The lowest BCUT2D eigenvalue weighted by Gasteiger charge is -2.28. The van der Waals surface area contributed by atoms with E-state index in [0.29, 0.717) is 6.42 Å². The van der Waals surface area contributed by atoms with E-state index in [1.165, 1.54) is 30.6 Å². The minimum Gasteiger partial charge on any atom is -0.355 e. The second-order valence-electron chi connectivity index (χ2n) is 4.60. The highest BCUT2D eigenvalue weighted by atomic mass is 32.1. The van der Waals surface area contributed by atoms with Crippen LogP contribution in [-0.2, 0) is 10.2 Å². The van der Waals surface area contributed by atoms with Crippen LogP contribution in [0.4, 0.5) is 0 Å². The van der Waals surface area contributed by atoms with Crippen molar-refractivity contribution >= 4 is 17.2 Å². The molecule has 1 N–H and O–H groups in total. The van der Waals surface area contributed by atoms with E-state index in [0.717, 1.165) is 6.54 Å². The molecule has 1 aromatic rings. The normalized spacial score (nSPS) is 18.6. The van der Waals surface area contributed by atoms with Crippen LogP contribution in [0.5, 0.6) is 0 Å². The smallest absolute Gasteiger partial charge is 0.219 e. The van der Waals surface area contributed by atoms with E-state index >= 15 is 0 Å². The minimum atomic E-state index is 0.169. The maximum absolute atomic E-state index is 11.4. The Hall–Kier alpha value is -0.830. The van der Waals surface area contributed by atoms with E-state index < -0.39 is 0 Å². The maximum atomic E-state index is 11.4. The van der Waals surface area contributed by atoms with Gasteiger partial charge in [0, 0.05) is 23.3 Å². The summed E-state index contributed by atoms with van der Waals surface area (Å²) < 4.78 is 0. The standard InChI is InChI=1S/C13H19NOS/c1-2-12(15)14-10-13(7-3-4-8-13)11-6-5-9-16-11/h5-6,9H,2-4,7-8,10H2,1H3,(H,14,15). The molecule has 0 aromatic carbocycles. The van der Waals surface area contributed by atoms with Gasteiger partial charge in [0.15, 0.2) is 0 Å². The highest BCUT2D eigenvalue weighted by Gasteiger charge is 2.36. The average molecular weight is 237 g/mol. The number of amides is 1. The molecule has 1 aliphatic carbocycles. The van der Waals surface area contributed by atoms with Crippen LogP contribution < -0.4 is 5.32 Å². The van der Waals surface area contributed by atoms with Crippen molar-refractivity contribution in [2.75, 3.05) is 6.54 Å². The molecule has 0 atom stereocenters. The van der Waals surface area contributed by atoms with Gasteiger partial charge >= 0.3 is 0 Å². The summed E-state index contributed by atoms with van der Waals surface area (Å²) in [7, 11) is 0. The van der Waals surface area contributed by atoms with Crippen molar-refractivity contribution < 1.29 is 4.79 Å². The van der Waals surface area contributed by atoms with Crippen molar-refractivity contribution in [2.45, 2.75) is 44.4 Å². The predicted molar refractivity (Wildman–Crippen MR) is 67.8 cm³/mol. The van der Waals surface area contributed by atoms with E-state index in [1.54, 1.807) is 0 Å². The molecule has 1 aliphatic rings. The Morgan fingerprint density at radius 2 is 2.25 bits per heavy atom. The Morgan fingerprint density at radius 1 is 1.50 bits per heavy atom. The molecule has 1 heterocycles. The lowest BCUT2D eigenvalue weighted by atomic mass is 9.84. The van der Waals surface area contributed by atoms with E-state index in [1.807, 2.05) is 18.3 Å². The molecule has 1 amide bonds. The van der Waals surface area contributed by atoms with Crippen LogP contribution in [0.3, 0.4) is 0 Å². The third kappa shape index (κ3) is 2.29. The van der Waals surface area contributed by atoms with Gasteiger partial charge in [-0.15, -0.1) is 11.3 Å². The van der Waals surface area contributed by atoms with Crippen LogP contribution in [0.15, 0.2) is 17.5 Å². The third-order valence-electron chi connectivity index (χ3n) is 3.55. The van der Waals surface area contributed by atoms with Gasteiger partial charge in [-0.2, -0.15) is 0 Å².